The number of rotatable bonds is 5. The summed E-state index contributed by atoms with van der Waals surface area (Å²) >= 11 is 13.4. The molecule has 8 heteroatoms. The summed E-state index contributed by atoms with van der Waals surface area (Å²) in [6.45, 7) is 0.235. The first-order chi connectivity index (χ1) is 13.6. The molecule has 0 aliphatic rings. The van der Waals surface area contributed by atoms with Crippen LogP contribution < -0.4 is 4.74 Å². The van der Waals surface area contributed by atoms with Gasteiger partial charge in [-0.05, 0) is 35.9 Å². The lowest BCUT2D eigenvalue weighted by molar-refractivity contribution is 0.279. The number of hydrogen-bond donors (Lipinski definition) is 0. The number of nitriles is 1. The van der Waals surface area contributed by atoms with Gasteiger partial charge in [0.25, 0.3) is 0 Å². The summed E-state index contributed by atoms with van der Waals surface area (Å²) in [5.74, 6) is -0.590. The van der Waals surface area contributed by atoms with Gasteiger partial charge in [-0.3, -0.25) is 0 Å². The maximum absolute atomic E-state index is 9.70. The van der Waals surface area contributed by atoms with E-state index in [9.17, 15) is 5.26 Å². The summed E-state index contributed by atoms with van der Waals surface area (Å²) in [4.78, 5) is 13.1. The van der Waals surface area contributed by atoms with Crippen molar-refractivity contribution in [2.45, 2.75) is 12.5 Å². The van der Waals surface area contributed by atoms with Crippen LogP contribution in [-0.2, 0) is 6.61 Å². The number of hydrogen-bond acceptors (Lipinski definition) is 6. The number of fused-ring (bicyclic) bond motifs is 1. The van der Waals surface area contributed by atoms with Crippen molar-refractivity contribution in [2.75, 3.05) is 0 Å². The lowest BCUT2D eigenvalue weighted by Crippen LogP contribution is -2.05. The van der Waals surface area contributed by atoms with Gasteiger partial charge < -0.3 is 4.74 Å². The van der Waals surface area contributed by atoms with Crippen molar-refractivity contribution in [1.29, 1.82) is 5.26 Å². The second kappa shape index (κ2) is 8.11. The van der Waals surface area contributed by atoms with Gasteiger partial charge in [-0.25, -0.2) is 9.97 Å². The van der Waals surface area contributed by atoms with Gasteiger partial charge in [0, 0.05) is 6.20 Å². The summed E-state index contributed by atoms with van der Waals surface area (Å²) in [5, 5.41) is 11.3. The number of thiazole rings is 1. The third-order valence-corrected chi connectivity index (χ3v) is 5.83. The van der Waals surface area contributed by atoms with Crippen LogP contribution in [0.4, 0.5) is 0 Å². The minimum atomic E-state index is -0.590. The first-order valence-corrected chi connectivity index (χ1v) is 9.86. The number of halogens is 2. The van der Waals surface area contributed by atoms with Crippen LogP contribution in [0.2, 0.25) is 10.0 Å². The summed E-state index contributed by atoms with van der Waals surface area (Å²) in [7, 11) is 0. The van der Waals surface area contributed by atoms with E-state index in [-0.39, 0.29) is 12.6 Å². The monoisotopic (exact) mass is 426 g/mol. The number of benzene rings is 2. The fourth-order valence-electron chi connectivity index (χ4n) is 2.62. The molecule has 0 radical (unpaired) electrons. The molecule has 2 aromatic carbocycles. The largest absolute Gasteiger partial charge is 0.459 e. The molecule has 1 unspecified atom stereocenters. The SMILES string of the molecule is N#CC(c1ccnc(OCc2ccc(Cl)c(Cl)c2)n1)c1nc2ccccc2s1. The van der Waals surface area contributed by atoms with E-state index in [2.05, 4.69) is 21.0 Å². The summed E-state index contributed by atoms with van der Waals surface area (Å²) in [5.41, 5.74) is 2.25. The molecule has 0 fully saturated rings. The van der Waals surface area contributed by atoms with Gasteiger partial charge in [-0.15, -0.1) is 11.3 Å². The van der Waals surface area contributed by atoms with Crippen LogP contribution in [0.1, 0.15) is 22.2 Å². The molecule has 2 heterocycles. The van der Waals surface area contributed by atoms with Crippen molar-refractivity contribution in [1.82, 2.24) is 15.0 Å². The minimum absolute atomic E-state index is 0.185. The first kappa shape index (κ1) is 18.6. The molecule has 0 bridgehead atoms. The number of aromatic nitrogens is 3. The Labute approximate surface area is 175 Å². The standard InChI is InChI=1S/C20H12Cl2N4OS/c21-14-6-5-12(9-15(14)22)11-27-20-24-8-7-16(26-20)13(10-23)19-25-17-3-1-2-4-18(17)28-19/h1-9,13H,11H2. The first-order valence-electron chi connectivity index (χ1n) is 8.29. The molecule has 4 rings (SSSR count). The molecule has 2 aromatic heterocycles. The van der Waals surface area contributed by atoms with Crippen LogP contribution in [0.15, 0.2) is 54.7 Å². The minimum Gasteiger partial charge on any atom is -0.459 e. The average Bonchev–Trinajstić information content (AvgIpc) is 3.13. The van der Waals surface area contributed by atoms with E-state index in [1.54, 1.807) is 24.4 Å². The Kier molecular flexibility index (Phi) is 5.40. The van der Waals surface area contributed by atoms with Crippen molar-refractivity contribution in [3.05, 3.63) is 81.0 Å². The van der Waals surface area contributed by atoms with Crippen LogP contribution in [0.5, 0.6) is 6.01 Å². The van der Waals surface area contributed by atoms with E-state index in [0.29, 0.717) is 20.7 Å². The number of para-hydroxylation sites is 1. The van der Waals surface area contributed by atoms with Gasteiger partial charge in [0.05, 0.1) is 32.0 Å². The highest BCUT2D eigenvalue weighted by Gasteiger charge is 2.20. The topological polar surface area (TPSA) is 71.7 Å². The fourth-order valence-corrected chi connectivity index (χ4v) is 3.97. The van der Waals surface area contributed by atoms with E-state index in [1.807, 2.05) is 30.3 Å². The van der Waals surface area contributed by atoms with E-state index in [1.165, 1.54) is 11.3 Å². The Bertz CT molecular complexity index is 1160. The molecule has 0 N–H and O–H groups in total. The maximum atomic E-state index is 9.70. The van der Waals surface area contributed by atoms with Gasteiger partial charge in [-0.1, -0.05) is 41.4 Å². The zero-order valence-corrected chi connectivity index (χ0v) is 16.7. The van der Waals surface area contributed by atoms with Gasteiger partial charge in [0.2, 0.25) is 0 Å². The second-order valence-corrected chi connectivity index (χ2v) is 7.76. The van der Waals surface area contributed by atoms with E-state index in [0.717, 1.165) is 15.8 Å². The number of nitrogens with zero attached hydrogens (tertiary/aromatic N) is 4. The van der Waals surface area contributed by atoms with Crippen molar-refractivity contribution < 1.29 is 4.74 Å². The molecule has 28 heavy (non-hydrogen) atoms. The van der Waals surface area contributed by atoms with Gasteiger partial charge in [0.15, 0.2) is 0 Å². The predicted octanol–water partition coefficient (Wildman–Crippen LogP) is 5.63. The lowest BCUT2D eigenvalue weighted by Gasteiger charge is -2.09. The Morgan fingerprint density at radius 2 is 1.93 bits per heavy atom. The Morgan fingerprint density at radius 3 is 2.71 bits per heavy atom. The van der Waals surface area contributed by atoms with Crippen LogP contribution in [0.3, 0.4) is 0 Å². The summed E-state index contributed by atoms with van der Waals surface area (Å²) < 4.78 is 6.70. The van der Waals surface area contributed by atoms with E-state index >= 15 is 0 Å². The van der Waals surface area contributed by atoms with Crippen LogP contribution in [0, 0.1) is 11.3 Å². The molecule has 0 aliphatic heterocycles. The smallest absolute Gasteiger partial charge is 0.316 e. The fraction of sp³-hybridized carbons (Fsp3) is 0.100. The quantitative estimate of drug-likeness (QED) is 0.413. The lowest BCUT2D eigenvalue weighted by atomic mass is 10.1. The highest BCUT2D eigenvalue weighted by Crippen LogP contribution is 2.31. The molecule has 5 nitrogen and oxygen atoms in total. The van der Waals surface area contributed by atoms with Crippen molar-refractivity contribution in [2.24, 2.45) is 0 Å². The zero-order valence-electron chi connectivity index (χ0n) is 14.3. The Morgan fingerprint density at radius 1 is 1.07 bits per heavy atom. The predicted molar refractivity (Wildman–Crippen MR) is 110 cm³/mol. The second-order valence-electron chi connectivity index (χ2n) is 5.88. The van der Waals surface area contributed by atoms with Crippen molar-refractivity contribution in [3.63, 3.8) is 0 Å². The molecule has 0 saturated carbocycles. The molecule has 0 aliphatic carbocycles. The van der Waals surface area contributed by atoms with Gasteiger partial charge in [0.1, 0.15) is 17.5 Å². The normalized spacial score (nSPS) is 11.9. The zero-order chi connectivity index (χ0) is 19.5. The third-order valence-electron chi connectivity index (χ3n) is 3.99. The molecule has 1 atom stereocenters. The average molecular weight is 427 g/mol. The molecular formula is C20H12Cl2N4OS. The Balaban J connectivity index is 1.56. The van der Waals surface area contributed by atoms with E-state index in [4.69, 9.17) is 27.9 Å². The molecule has 0 saturated heterocycles. The molecule has 0 amide bonds. The summed E-state index contributed by atoms with van der Waals surface area (Å²) in [6, 6.07) is 17.2. The third kappa shape index (κ3) is 3.92. The van der Waals surface area contributed by atoms with E-state index < -0.39 is 5.92 Å². The molecule has 138 valence electrons. The molecule has 0 spiro atoms. The van der Waals surface area contributed by atoms with Crippen LogP contribution >= 0.6 is 34.5 Å². The number of ether oxygens (including phenoxy) is 1. The maximum Gasteiger partial charge on any atom is 0.316 e. The highest BCUT2D eigenvalue weighted by molar-refractivity contribution is 7.18. The Hall–Kier alpha value is -2.72. The molecular weight excluding hydrogens is 415 g/mol. The summed E-state index contributed by atoms with van der Waals surface area (Å²) in [6.07, 6.45) is 1.57. The van der Waals surface area contributed by atoms with Crippen molar-refractivity contribution in [3.8, 4) is 12.1 Å². The van der Waals surface area contributed by atoms with Crippen LogP contribution in [-0.4, -0.2) is 15.0 Å². The highest BCUT2D eigenvalue weighted by atomic mass is 35.5. The van der Waals surface area contributed by atoms with Gasteiger partial charge in [-0.2, -0.15) is 10.2 Å². The van der Waals surface area contributed by atoms with Gasteiger partial charge >= 0.3 is 6.01 Å². The van der Waals surface area contributed by atoms with Crippen molar-refractivity contribution >= 4 is 44.8 Å². The molecule has 4 aromatic rings. The van der Waals surface area contributed by atoms with Crippen LogP contribution in [0.25, 0.3) is 10.2 Å².